The quantitative estimate of drug-likeness (QED) is 0.102. The van der Waals surface area contributed by atoms with E-state index < -0.39 is 53.3 Å². The average Bonchev–Trinajstić information content (AvgIpc) is 4.08. The summed E-state index contributed by atoms with van der Waals surface area (Å²) in [5.74, 6) is 4.06. The fourth-order valence-corrected chi connectivity index (χ4v) is 9.95. The number of carbonyl (C=O) groups excluding carboxylic acids is 3. The van der Waals surface area contributed by atoms with Gasteiger partial charge in [0.05, 0.1) is 41.1 Å². The van der Waals surface area contributed by atoms with Crippen LogP contribution in [0.4, 0.5) is 5.69 Å². The van der Waals surface area contributed by atoms with Crippen molar-refractivity contribution in [2.75, 3.05) is 5.32 Å². The molecule has 0 radical (unpaired) electrons. The van der Waals surface area contributed by atoms with Crippen molar-refractivity contribution in [3.8, 4) is 17.6 Å². The van der Waals surface area contributed by atoms with E-state index in [1.54, 1.807) is 35.0 Å². The third kappa shape index (κ3) is 6.22. The van der Waals surface area contributed by atoms with Gasteiger partial charge in [-0.3, -0.25) is 19.3 Å². The Hall–Kier alpha value is -8.08. The Balaban J connectivity index is 1.10. The number of aromatic nitrogens is 5. The lowest BCUT2D eigenvalue weighted by atomic mass is 9.65. The summed E-state index contributed by atoms with van der Waals surface area (Å²) in [6, 6.07) is 43.7. The number of anilines is 1. The van der Waals surface area contributed by atoms with E-state index in [0.717, 1.165) is 33.2 Å². The number of nitrogens with zero attached hydrogens (tertiary/aromatic N) is 5. The SMILES string of the molecule is O=C1O[C@@H](c2ccccc2)[C@@H](c2ccccc2)N2[C@@H](c3ccc(O)cc3)[C@]3(C(=O)Nc4ccc(C#CCn5nnc6ccccc65)cc43)[C@@H](C(=O)NCc3nc4ccccc4[nH]3)[C@H]12. The van der Waals surface area contributed by atoms with E-state index in [1.165, 1.54) is 0 Å². The Kier molecular flexibility index (Phi) is 9.10. The van der Waals surface area contributed by atoms with E-state index >= 15 is 14.4 Å². The van der Waals surface area contributed by atoms with Crippen molar-refractivity contribution in [1.29, 1.82) is 0 Å². The molecule has 13 heteroatoms. The van der Waals surface area contributed by atoms with Crippen molar-refractivity contribution in [2.45, 2.75) is 42.7 Å². The topological polar surface area (TPSA) is 167 Å². The van der Waals surface area contributed by atoms with Gasteiger partial charge in [0.25, 0.3) is 0 Å². The number of para-hydroxylation sites is 3. The van der Waals surface area contributed by atoms with Crippen molar-refractivity contribution in [3.63, 3.8) is 0 Å². The van der Waals surface area contributed by atoms with Gasteiger partial charge in [-0.05, 0) is 76.9 Å². The highest BCUT2D eigenvalue weighted by Gasteiger charge is 2.74. The van der Waals surface area contributed by atoms with Gasteiger partial charge in [-0.25, -0.2) is 9.67 Å². The predicted molar refractivity (Wildman–Crippen MR) is 234 cm³/mol. The smallest absolute Gasteiger partial charge is 0.324 e. The maximum absolute atomic E-state index is 15.5. The van der Waals surface area contributed by atoms with Crippen molar-refractivity contribution < 1.29 is 24.2 Å². The summed E-state index contributed by atoms with van der Waals surface area (Å²) >= 11 is 0. The van der Waals surface area contributed by atoms with Crippen LogP contribution in [0.2, 0.25) is 0 Å². The van der Waals surface area contributed by atoms with Crippen LogP contribution < -0.4 is 10.6 Å². The number of amides is 2. The number of aromatic hydroxyl groups is 1. The first-order valence-corrected chi connectivity index (χ1v) is 20.7. The van der Waals surface area contributed by atoms with E-state index in [-0.39, 0.29) is 18.8 Å². The van der Waals surface area contributed by atoms with Crippen LogP contribution >= 0.6 is 0 Å². The highest BCUT2D eigenvalue weighted by atomic mass is 16.6. The number of hydrogen-bond acceptors (Lipinski definition) is 9. The normalized spacial score (nSPS) is 22.6. The molecule has 3 aliphatic rings. The van der Waals surface area contributed by atoms with Crippen LogP contribution in [0, 0.1) is 17.8 Å². The molecule has 13 nitrogen and oxygen atoms in total. The number of morpholine rings is 1. The van der Waals surface area contributed by atoms with Gasteiger partial charge in [0.1, 0.15) is 41.2 Å². The molecule has 2 amide bonds. The predicted octanol–water partition coefficient (Wildman–Crippen LogP) is 6.65. The number of aromatic amines is 1. The summed E-state index contributed by atoms with van der Waals surface area (Å²) in [7, 11) is 0. The lowest BCUT2D eigenvalue weighted by Crippen LogP contribution is -2.54. The zero-order chi connectivity index (χ0) is 42.7. The van der Waals surface area contributed by atoms with Crippen molar-refractivity contribution >= 4 is 45.5 Å². The average molecular weight is 831 g/mol. The standard InChI is InChI=1S/C50H38N8O5/c59-34-24-22-33(23-25-34)46-50(35-28-30(21-26-36(35)54-49(50)62)12-11-27-57-40-20-10-9-19-39(40)55-56-57)42(47(60)51-29-41-52-37-17-7-8-18-38(37)53-41)44-48(61)63-45(32-15-5-2-6-16-32)43(58(44)46)31-13-3-1-4-14-31/h1-10,13-26,28,42-46,59H,27,29H2,(H,51,60)(H,52,53)(H,54,62)/t42-,43-,44-,45+,46+,50-/m1/s1. The van der Waals surface area contributed by atoms with Gasteiger partial charge >= 0.3 is 5.97 Å². The zero-order valence-electron chi connectivity index (χ0n) is 33.6. The van der Waals surface area contributed by atoms with E-state index in [0.29, 0.717) is 28.2 Å². The van der Waals surface area contributed by atoms with Crippen LogP contribution in [0.15, 0.2) is 152 Å². The minimum absolute atomic E-state index is 0.00253. The molecule has 2 saturated heterocycles. The van der Waals surface area contributed by atoms with Crippen molar-refractivity contribution in [3.05, 3.63) is 185 Å². The Morgan fingerprint density at radius 3 is 2.29 bits per heavy atom. The summed E-state index contributed by atoms with van der Waals surface area (Å²) < 4.78 is 8.24. The first kappa shape index (κ1) is 37.9. The minimum Gasteiger partial charge on any atom is -0.508 e. The molecule has 0 aliphatic carbocycles. The maximum atomic E-state index is 15.5. The lowest BCUT2D eigenvalue weighted by molar-refractivity contribution is -0.178. The van der Waals surface area contributed by atoms with Gasteiger partial charge < -0.3 is 25.5 Å². The van der Waals surface area contributed by atoms with Crippen LogP contribution in [0.3, 0.4) is 0 Å². The first-order chi connectivity index (χ1) is 30.9. The number of carbonyl (C=O) groups is 3. The Bertz CT molecular complexity index is 3110. The van der Waals surface area contributed by atoms with Crippen molar-refractivity contribution in [2.24, 2.45) is 5.92 Å². The molecule has 6 aromatic carbocycles. The fraction of sp³-hybridized carbons (Fsp3) is 0.160. The maximum Gasteiger partial charge on any atom is 0.324 e. The number of phenols is 1. The fourth-order valence-electron chi connectivity index (χ4n) is 9.95. The van der Waals surface area contributed by atoms with Crippen LogP contribution in [0.5, 0.6) is 5.75 Å². The third-order valence-corrected chi connectivity index (χ3v) is 12.5. The number of ether oxygens (including phenoxy) is 1. The molecule has 0 bridgehead atoms. The molecule has 4 N–H and O–H groups in total. The first-order valence-electron chi connectivity index (χ1n) is 20.7. The number of H-pyrrole nitrogens is 1. The van der Waals surface area contributed by atoms with Crippen LogP contribution in [-0.4, -0.2) is 58.8 Å². The summed E-state index contributed by atoms with van der Waals surface area (Å²) in [5, 5.41) is 25.4. The number of rotatable bonds is 7. The third-order valence-electron chi connectivity index (χ3n) is 12.5. The molecule has 3 aliphatic heterocycles. The van der Waals surface area contributed by atoms with Crippen LogP contribution in [0.25, 0.3) is 22.1 Å². The van der Waals surface area contributed by atoms with Crippen LogP contribution in [0.1, 0.15) is 51.8 Å². The van der Waals surface area contributed by atoms with Crippen molar-refractivity contribution in [1.82, 2.24) is 35.2 Å². The van der Waals surface area contributed by atoms with Gasteiger partial charge in [-0.2, -0.15) is 0 Å². The molecular weight excluding hydrogens is 793 g/mol. The highest BCUT2D eigenvalue weighted by Crippen LogP contribution is 2.64. The van der Waals surface area contributed by atoms with Crippen LogP contribution in [-0.2, 0) is 37.6 Å². The Morgan fingerprint density at radius 1 is 0.794 bits per heavy atom. The number of esters is 1. The second-order valence-corrected chi connectivity index (χ2v) is 16.0. The van der Waals surface area contributed by atoms with E-state index in [2.05, 4.69) is 42.8 Å². The van der Waals surface area contributed by atoms with Gasteiger partial charge in [0.2, 0.25) is 11.8 Å². The molecule has 0 unspecified atom stereocenters. The molecule has 5 heterocycles. The Labute approximate surface area is 360 Å². The van der Waals surface area contributed by atoms with E-state index in [9.17, 15) is 5.11 Å². The number of imidazole rings is 1. The molecular formula is C50H38N8O5. The van der Waals surface area contributed by atoms with E-state index in [4.69, 9.17) is 4.74 Å². The number of hydrogen-bond donors (Lipinski definition) is 4. The molecule has 63 heavy (non-hydrogen) atoms. The largest absolute Gasteiger partial charge is 0.508 e. The molecule has 6 atom stereocenters. The molecule has 8 aromatic rings. The van der Waals surface area contributed by atoms with E-state index in [1.807, 2.05) is 126 Å². The molecule has 308 valence electrons. The van der Waals surface area contributed by atoms with Gasteiger partial charge in [-0.1, -0.05) is 114 Å². The monoisotopic (exact) mass is 830 g/mol. The summed E-state index contributed by atoms with van der Waals surface area (Å²) in [6.45, 7) is 0.252. The molecule has 1 spiro atoms. The number of phenolic OH excluding ortho intramolecular Hbond substituents is 1. The number of fused-ring (bicyclic) bond motifs is 5. The second kappa shape index (κ2) is 15.1. The summed E-state index contributed by atoms with van der Waals surface area (Å²) in [6.07, 6.45) is -0.819. The molecule has 2 aromatic heterocycles. The number of cyclic esters (lactones) is 1. The highest BCUT2D eigenvalue weighted by molar-refractivity contribution is 6.12. The number of nitrogens with one attached hydrogen (secondary N) is 3. The van der Waals surface area contributed by atoms with Gasteiger partial charge in [-0.15, -0.1) is 5.10 Å². The second-order valence-electron chi connectivity index (χ2n) is 16.0. The summed E-state index contributed by atoms with van der Waals surface area (Å²) in [5.41, 5.74) is 5.21. The minimum atomic E-state index is -1.73. The number of benzene rings is 6. The zero-order valence-corrected chi connectivity index (χ0v) is 33.6. The molecule has 0 saturated carbocycles. The lowest BCUT2D eigenvalue weighted by Gasteiger charge is -2.46. The Morgan fingerprint density at radius 2 is 1.51 bits per heavy atom. The van der Waals surface area contributed by atoms with Gasteiger partial charge in [0.15, 0.2) is 0 Å². The molecule has 11 rings (SSSR count). The summed E-state index contributed by atoms with van der Waals surface area (Å²) in [4.78, 5) is 55.9. The van der Waals surface area contributed by atoms with Gasteiger partial charge in [0, 0.05) is 11.3 Å². The molecule has 2 fully saturated rings.